The molecular formula is C7H8O7. The number of carboxylic acid groups (broad SMARTS) is 1. The number of aliphatic hydroxyl groups is 1. The van der Waals surface area contributed by atoms with Crippen LogP contribution in [0, 0.1) is 0 Å². The number of ketones is 1. The molecule has 0 saturated carbocycles. The number of esters is 2. The second kappa shape index (κ2) is 5.07. The van der Waals surface area contributed by atoms with Gasteiger partial charge in [-0.25, -0.2) is 9.59 Å². The van der Waals surface area contributed by atoms with Crippen molar-refractivity contribution in [1.29, 1.82) is 0 Å². The average Bonchev–Trinajstić information content (AvgIpc) is 2.03. The Labute approximate surface area is 78.3 Å². The SMILES string of the molecule is CC(=O)C(=O)OC(=O)CC(O)C(=O)O. The van der Waals surface area contributed by atoms with Gasteiger partial charge in [0.05, 0.1) is 6.42 Å². The van der Waals surface area contributed by atoms with E-state index in [0.29, 0.717) is 0 Å². The van der Waals surface area contributed by atoms with E-state index in [1.807, 2.05) is 0 Å². The largest absolute Gasteiger partial charge is 0.479 e. The summed E-state index contributed by atoms with van der Waals surface area (Å²) in [6.45, 7) is 0.892. The summed E-state index contributed by atoms with van der Waals surface area (Å²) in [5, 5.41) is 16.8. The van der Waals surface area contributed by atoms with Crippen molar-refractivity contribution >= 4 is 23.7 Å². The number of aliphatic carboxylic acids is 1. The molecule has 0 aliphatic heterocycles. The van der Waals surface area contributed by atoms with Crippen LogP contribution in [0.1, 0.15) is 13.3 Å². The highest BCUT2D eigenvalue weighted by atomic mass is 16.6. The maximum atomic E-state index is 10.7. The van der Waals surface area contributed by atoms with Crippen LogP contribution < -0.4 is 0 Å². The maximum absolute atomic E-state index is 10.7. The fraction of sp³-hybridized carbons (Fsp3) is 0.429. The standard InChI is InChI=1S/C7H8O7/c1-3(8)7(13)14-5(10)2-4(9)6(11)12/h4,9H,2H2,1H3,(H,11,12). The Morgan fingerprint density at radius 3 is 2.14 bits per heavy atom. The number of hydrogen-bond donors (Lipinski definition) is 2. The molecule has 1 atom stereocenters. The number of carbonyl (C=O) groups excluding carboxylic acids is 3. The van der Waals surface area contributed by atoms with Crippen LogP contribution in [0.2, 0.25) is 0 Å². The molecule has 0 radical (unpaired) electrons. The van der Waals surface area contributed by atoms with Crippen molar-refractivity contribution in [1.82, 2.24) is 0 Å². The van der Waals surface area contributed by atoms with Gasteiger partial charge in [0.15, 0.2) is 6.10 Å². The van der Waals surface area contributed by atoms with Gasteiger partial charge in [-0.15, -0.1) is 0 Å². The summed E-state index contributed by atoms with van der Waals surface area (Å²) in [5.41, 5.74) is 0. The van der Waals surface area contributed by atoms with Crippen molar-refractivity contribution < 1.29 is 34.1 Å². The molecule has 2 N–H and O–H groups in total. The summed E-state index contributed by atoms with van der Waals surface area (Å²) in [4.78, 5) is 41.5. The predicted molar refractivity (Wildman–Crippen MR) is 40.0 cm³/mol. The molecule has 0 amide bonds. The van der Waals surface area contributed by atoms with E-state index in [-0.39, 0.29) is 0 Å². The molecule has 0 aromatic heterocycles. The van der Waals surface area contributed by atoms with E-state index in [1.54, 1.807) is 0 Å². The van der Waals surface area contributed by atoms with E-state index in [9.17, 15) is 19.2 Å². The first kappa shape index (κ1) is 12.2. The fourth-order valence-electron chi connectivity index (χ4n) is 0.462. The lowest BCUT2D eigenvalue weighted by Crippen LogP contribution is -2.27. The summed E-state index contributed by atoms with van der Waals surface area (Å²) >= 11 is 0. The zero-order valence-electron chi connectivity index (χ0n) is 7.22. The molecule has 0 heterocycles. The average molecular weight is 204 g/mol. The summed E-state index contributed by atoms with van der Waals surface area (Å²) in [7, 11) is 0. The van der Waals surface area contributed by atoms with Crippen LogP contribution in [0.5, 0.6) is 0 Å². The van der Waals surface area contributed by atoms with Crippen LogP contribution in [0.15, 0.2) is 0 Å². The van der Waals surface area contributed by atoms with Crippen LogP contribution in [0.4, 0.5) is 0 Å². The number of hydrogen-bond acceptors (Lipinski definition) is 6. The Bertz CT molecular complexity index is 280. The van der Waals surface area contributed by atoms with Gasteiger partial charge in [0.25, 0.3) is 0 Å². The molecule has 7 heteroatoms. The van der Waals surface area contributed by atoms with Gasteiger partial charge >= 0.3 is 17.9 Å². The first-order valence-electron chi connectivity index (χ1n) is 3.51. The molecule has 0 aromatic carbocycles. The van der Waals surface area contributed by atoms with Crippen molar-refractivity contribution in [3.05, 3.63) is 0 Å². The first-order chi connectivity index (χ1) is 6.34. The molecule has 0 bridgehead atoms. The molecule has 7 nitrogen and oxygen atoms in total. The number of aliphatic hydroxyl groups excluding tert-OH is 1. The van der Waals surface area contributed by atoms with E-state index >= 15 is 0 Å². The molecular weight excluding hydrogens is 196 g/mol. The van der Waals surface area contributed by atoms with E-state index < -0.39 is 36.2 Å². The summed E-state index contributed by atoms with van der Waals surface area (Å²) in [6.07, 6.45) is -2.82. The van der Waals surface area contributed by atoms with E-state index in [1.165, 1.54) is 0 Å². The Morgan fingerprint density at radius 2 is 1.79 bits per heavy atom. The van der Waals surface area contributed by atoms with Crippen LogP contribution in [0.3, 0.4) is 0 Å². The Kier molecular flexibility index (Phi) is 4.44. The molecule has 0 rings (SSSR count). The van der Waals surface area contributed by atoms with Crippen LogP contribution in [-0.4, -0.2) is 40.0 Å². The van der Waals surface area contributed by atoms with Gasteiger partial charge in [0.1, 0.15) is 0 Å². The highest BCUT2D eigenvalue weighted by Gasteiger charge is 2.22. The van der Waals surface area contributed by atoms with Gasteiger partial charge in [0.2, 0.25) is 5.78 Å². The van der Waals surface area contributed by atoms with Gasteiger partial charge in [-0.05, 0) is 0 Å². The molecule has 0 fully saturated rings. The Balaban J connectivity index is 4.05. The summed E-state index contributed by atoms with van der Waals surface area (Å²) < 4.78 is 3.88. The smallest absolute Gasteiger partial charge is 0.381 e. The van der Waals surface area contributed by atoms with E-state index in [4.69, 9.17) is 10.2 Å². The minimum atomic E-state index is -1.94. The number of carboxylic acids is 1. The molecule has 0 aliphatic carbocycles. The molecule has 0 saturated heterocycles. The van der Waals surface area contributed by atoms with E-state index in [0.717, 1.165) is 6.92 Å². The van der Waals surface area contributed by atoms with Crippen LogP contribution in [-0.2, 0) is 23.9 Å². The lowest BCUT2D eigenvalue weighted by atomic mass is 10.2. The predicted octanol–water partition coefficient (Wildman–Crippen LogP) is -1.52. The zero-order valence-corrected chi connectivity index (χ0v) is 7.22. The first-order valence-corrected chi connectivity index (χ1v) is 3.51. The highest BCUT2D eigenvalue weighted by Crippen LogP contribution is 1.95. The Hall–Kier alpha value is -1.76. The lowest BCUT2D eigenvalue weighted by molar-refractivity contribution is -0.167. The molecule has 1 unspecified atom stereocenters. The monoisotopic (exact) mass is 204 g/mol. The normalized spacial score (nSPS) is 11.6. The summed E-state index contributed by atoms with van der Waals surface area (Å²) in [5.74, 6) is -5.24. The second-order valence-electron chi connectivity index (χ2n) is 2.38. The molecule has 0 aromatic rings. The van der Waals surface area contributed by atoms with Crippen molar-refractivity contribution in [2.24, 2.45) is 0 Å². The van der Waals surface area contributed by atoms with Crippen molar-refractivity contribution in [2.75, 3.05) is 0 Å². The number of Topliss-reactive ketones (excluding diaryl/α,β-unsaturated/α-hetero) is 1. The van der Waals surface area contributed by atoms with Crippen molar-refractivity contribution in [3.63, 3.8) is 0 Å². The van der Waals surface area contributed by atoms with Crippen molar-refractivity contribution in [3.8, 4) is 0 Å². The van der Waals surface area contributed by atoms with Gasteiger partial charge in [-0.1, -0.05) is 0 Å². The fourth-order valence-corrected chi connectivity index (χ4v) is 0.462. The highest BCUT2D eigenvalue weighted by molar-refractivity contribution is 6.34. The van der Waals surface area contributed by atoms with Gasteiger partial charge in [-0.2, -0.15) is 0 Å². The third-order valence-electron chi connectivity index (χ3n) is 1.14. The Morgan fingerprint density at radius 1 is 1.29 bits per heavy atom. The molecule has 0 spiro atoms. The van der Waals surface area contributed by atoms with Gasteiger partial charge in [-0.3, -0.25) is 9.59 Å². The molecule has 0 aliphatic rings. The third-order valence-corrected chi connectivity index (χ3v) is 1.14. The summed E-state index contributed by atoms with van der Waals surface area (Å²) in [6, 6.07) is 0. The van der Waals surface area contributed by atoms with Crippen LogP contribution >= 0.6 is 0 Å². The van der Waals surface area contributed by atoms with E-state index in [2.05, 4.69) is 4.74 Å². The number of carbonyl (C=O) groups is 4. The molecule has 14 heavy (non-hydrogen) atoms. The van der Waals surface area contributed by atoms with Crippen molar-refractivity contribution in [2.45, 2.75) is 19.4 Å². The quantitative estimate of drug-likeness (QED) is 0.324. The third kappa shape index (κ3) is 4.31. The number of rotatable bonds is 4. The minimum Gasteiger partial charge on any atom is -0.479 e. The maximum Gasteiger partial charge on any atom is 0.381 e. The lowest BCUT2D eigenvalue weighted by Gasteiger charge is -2.03. The van der Waals surface area contributed by atoms with Crippen LogP contribution in [0.25, 0.3) is 0 Å². The minimum absolute atomic E-state index is 0.881. The number of ether oxygens (including phenoxy) is 1. The van der Waals surface area contributed by atoms with Gasteiger partial charge in [0, 0.05) is 6.92 Å². The van der Waals surface area contributed by atoms with Gasteiger partial charge < -0.3 is 14.9 Å². The second-order valence-corrected chi connectivity index (χ2v) is 2.38. The topological polar surface area (TPSA) is 118 Å². The zero-order chi connectivity index (χ0) is 11.3. The molecule has 78 valence electrons.